The Morgan fingerprint density at radius 2 is 2.00 bits per heavy atom. The summed E-state index contributed by atoms with van der Waals surface area (Å²) >= 11 is 0. The summed E-state index contributed by atoms with van der Waals surface area (Å²) in [5.41, 5.74) is 9.71. The maximum Gasteiger partial charge on any atom is 0.0912 e. The first-order chi connectivity index (χ1) is 6.15. The molecule has 2 heteroatoms. The van der Waals surface area contributed by atoms with E-state index in [4.69, 9.17) is 11.0 Å². The summed E-state index contributed by atoms with van der Waals surface area (Å²) in [5, 5.41) is 8.38. The molecule has 1 aromatic carbocycles. The quantitative estimate of drug-likeness (QED) is 0.522. The number of anilines is 1. The van der Waals surface area contributed by atoms with Crippen molar-refractivity contribution in [2.24, 2.45) is 0 Å². The largest absolute Gasteiger partial charge is 0.399 e. The molecule has 0 aliphatic heterocycles. The third-order valence-electron chi connectivity index (χ3n) is 1.99. The minimum absolute atomic E-state index is 0.798. The van der Waals surface area contributed by atoms with Gasteiger partial charge in [-0.15, -0.1) is 0 Å². The Bertz CT molecular complexity index is 384. The molecule has 0 radical (unpaired) electrons. The second-order valence-electron chi connectivity index (χ2n) is 3.03. The monoisotopic (exact) mass is 172 g/mol. The molecule has 0 aliphatic carbocycles. The zero-order valence-electron chi connectivity index (χ0n) is 7.83. The predicted molar refractivity (Wildman–Crippen MR) is 55.0 cm³/mol. The van der Waals surface area contributed by atoms with Gasteiger partial charge in [0.25, 0.3) is 0 Å². The first-order valence-electron chi connectivity index (χ1n) is 4.08. The summed E-state index contributed by atoms with van der Waals surface area (Å²) in [4.78, 5) is 0. The summed E-state index contributed by atoms with van der Waals surface area (Å²) in [7, 11) is 0. The van der Waals surface area contributed by atoms with Crippen LogP contribution in [0.3, 0.4) is 0 Å². The number of rotatable bonds is 1. The fourth-order valence-electron chi connectivity index (χ4n) is 1.17. The van der Waals surface area contributed by atoms with E-state index in [1.807, 2.05) is 32.0 Å². The van der Waals surface area contributed by atoms with Crippen molar-refractivity contribution in [2.75, 3.05) is 5.73 Å². The molecule has 66 valence electrons. The van der Waals surface area contributed by atoms with Crippen LogP contribution in [0.4, 0.5) is 5.69 Å². The molecule has 13 heavy (non-hydrogen) atoms. The number of nitrogens with two attached hydrogens (primary N) is 1. The van der Waals surface area contributed by atoms with E-state index >= 15 is 0 Å². The molecule has 2 nitrogen and oxygen atoms in total. The van der Waals surface area contributed by atoms with Gasteiger partial charge in [-0.05, 0) is 48.7 Å². The number of nitrogens with zero attached hydrogens (tertiary/aromatic N) is 1. The second kappa shape index (κ2) is 3.77. The smallest absolute Gasteiger partial charge is 0.0912 e. The Morgan fingerprint density at radius 3 is 2.62 bits per heavy atom. The van der Waals surface area contributed by atoms with Crippen LogP contribution in [0.5, 0.6) is 0 Å². The SMILES string of the molecule is Cc1cc(C=CC#N)c(C)cc1N. The Balaban J connectivity index is 3.17. The molecule has 0 aliphatic rings. The molecule has 0 unspecified atom stereocenters. The van der Waals surface area contributed by atoms with Gasteiger partial charge in [0.2, 0.25) is 0 Å². The first kappa shape index (κ1) is 9.34. The van der Waals surface area contributed by atoms with Gasteiger partial charge in [0.15, 0.2) is 0 Å². The van der Waals surface area contributed by atoms with Gasteiger partial charge in [-0.25, -0.2) is 0 Å². The van der Waals surface area contributed by atoms with Crippen molar-refractivity contribution >= 4 is 11.8 Å². The molecule has 0 saturated carbocycles. The minimum atomic E-state index is 0.798. The van der Waals surface area contributed by atoms with Crippen molar-refractivity contribution in [3.63, 3.8) is 0 Å². The highest BCUT2D eigenvalue weighted by molar-refractivity contribution is 5.62. The number of allylic oxidation sites excluding steroid dienone is 1. The number of nitriles is 1. The molecule has 0 saturated heterocycles. The highest BCUT2D eigenvalue weighted by Crippen LogP contribution is 2.18. The zero-order valence-corrected chi connectivity index (χ0v) is 7.83. The molecule has 0 fully saturated rings. The van der Waals surface area contributed by atoms with E-state index in [1.54, 1.807) is 6.08 Å². The summed E-state index contributed by atoms with van der Waals surface area (Å²) < 4.78 is 0. The third-order valence-corrected chi connectivity index (χ3v) is 1.99. The molecule has 0 atom stereocenters. The molecule has 1 rings (SSSR count). The van der Waals surface area contributed by atoms with Crippen LogP contribution < -0.4 is 5.73 Å². The summed E-state index contributed by atoms with van der Waals surface area (Å²) in [6.07, 6.45) is 3.26. The van der Waals surface area contributed by atoms with Crippen LogP contribution in [0.2, 0.25) is 0 Å². The molecular formula is C11H12N2. The van der Waals surface area contributed by atoms with Gasteiger partial charge in [0.05, 0.1) is 6.07 Å². The lowest BCUT2D eigenvalue weighted by Gasteiger charge is -2.05. The maximum absolute atomic E-state index is 8.38. The van der Waals surface area contributed by atoms with Crippen molar-refractivity contribution in [1.29, 1.82) is 5.26 Å². The molecule has 0 heterocycles. The standard InChI is InChI=1S/C11H12N2/c1-8-7-11(13)9(2)6-10(8)4-3-5-12/h3-4,6-7H,13H2,1-2H3. The van der Waals surface area contributed by atoms with E-state index in [0.29, 0.717) is 0 Å². The van der Waals surface area contributed by atoms with Gasteiger partial charge in [0, 0.05) is 11.8 Å². The zero-order chi connectivity index (χ0) is 9.84. The van der Waals surface area contributed by atoms with Crippen LogP contribution in [0, 0.1) is 25.2 Å². The summed E-state index contributed by atoms with van der Waals surface area (Å²) in [6, 6.07) is 5.87. The van der Waals surface area contributed by atoms with E-state index in [9.17, 15) is 0 Å². The molecule has 0 aromatic heterocycles. The van der Waals surface area contributed by atoms with Crippen molar-refractivity contribution < 1.29 is 0 Å². The van der Waals surface area contributed by atoms with Gasteiger partial charge in [-0.1, -0.05) is 0 Å². The maximum atomic E-state index is 8.38. The van der Waals surface area contributed by atoms with Crippen molar-refractivity contribution in [2.45, 2.75) is 13.8 Å². The predicted octanol–water partition coefficient (Wildman–Crippen LogP) is 2.42. The molecule has 0 bridgehead atoms. The third kappa shape index (κ3) is 2.09. The van der Waals surface area contributed by atoms with E-state index in [0.717, 1.165) is 22.4 Å². The van der Waals surface area contributed by atoms with Crippen LogP contribution in [0.15, 0.2) is 18.2 Å². The Morgan fingerprint density at radius 1 is 1.31 bits per heavy atom. The summed E-state index contributed by atoms with van der Waals surface area (Å²) in [6.45, 7) is 3.94. The molecule has 0 amide bonds. The lowest BCUT2D eigenvalue weighted by Crippen LogP contribution is -1.92. The van der Waals surface area contributed by atoms with Gasteiger partial charge < -0.3 is 5.73 Å². The van der Waals surface area contributed by atoms with Crippen LogP contribution in [-0.4, -0.2) is 0 Å². The second-order valence-corrected chi connectivity index (χ2v) is 3.03. The van der Waals surface area contributed by atoms with E-state index in [2.05, 4.69) is 0 Å². The lowest BCUT2D eigenvalue weighted by atomic mass is 10.0. The van der Waals surface area contributed by atoms with E-state index in [-0.39, 0.29) is 0 Å². The Hall–Kier alpha value is -1.75. The number of aryl methyl sites for hydroxylation is 2. The highest BCUT2D eigenvalue weighted by Gasteiger charge is 1.98. The Kier molecular flexibility index (Phi) is 2.71. The number of hydrogen-bond acceptors (Lipinski definition) is 2. The fourth-order valence-corrected chi connectivity index (χ4v) is 1.17. The number of nitrogen functional groups attached to an aromatic ring is 1. The van der Waals surface area contributed by atoms with E-state index in [1.165, 1.54) is 6.08 Å². The normalized spacial score (nSPS) is 10.2. The van der Waals surface area contributed by atoms with Crippen LogP contribution >= 0.6 is 0 Å². The molecule has 1 aromatic rings. The highest BCUT2D eigenvalue weighted by atomic mass is 14.6. The van der Waals surface area contributed by atoms with Crippen LogP contribution in [0.25, 0.3) is 6.08 Å². The molecular weight excluding hydrogens is 160 g/mol. The number of hydrogen-bond donors (Lipinski definition) is 1. The van der Waals surface area contributed by atoms with Crippen molar-refractivity contribution in [3.05, 3.63) is 34.9 Å². The van der Waals surface area contributed by atoms with Gasteiger partial charge in [-0.3, -0.25) is 0 Å². The number of benzene rings is 1. The minimum Gasteiger partial charge on any atom is -0.399 e. The van der Waals surface area contributed by atoms with Gasteiger partial charge >= 0.3 is 0 Å². The first-order valence-corrected chi connectivity index (χ1v) is 4.08. The van der Waals surface area contributed by atoms with E-state index < -0.39 is 0 Å². The van der Waals surface area contributed by atoms with Crippen LogP contribution in [-0.2, 0) is 0 Å². The fraction of sp³-hybridized carbons (Fsp3) is 0.182. The Labute approximate surface area is 78.3 Å². The average molecular weight is 172 g/mol. The average Bonchev–Trinajstić information content (AvgIpc) is 2.09. The van der Waals surface area contributed by atoms with Crippen molar-refractivity contribution in [1.82, 2.24) is 0 Å². The topological polar surface area (TPSA) is 49.8 Å². The summed E-state index contributed by atoms with van der Waals surface area (Å²) in [5.74, 6) is 0. The van der Waals surface area contributed by atoms with Gasteiger partial charge in [-0.2, -0.15) is 5.26 Å². The molecule has 2 N–H and O–H groups in total. The lowest BCUT2D eigenvalue weighted by molar-refractivity contribution is 1.38. The van der Waals surface area contributed by atoms with Crippen molar-refractivity contribution in [3.8, 4) is 6.07 Å². The van der Waals surface area contributed by atoms with Crippen LogP contribution in [0.1, 0.15) is 16.7 Å². The molecule has 0 spiro atoms. The van der Waals surface area contributed by atoms with Gasteiger partial charge in [0.1, 0.15) is 0 Å².